The molecule has 0 saturated carbocycles. The van der Waals surface area contributed by atoms with Gasteiger partial charge in [0, 0.05) is 19.5 Å². The highest BCUT2D eigenvalue weighted by Crippen LogP contribution is 2.29. The molecule has 0 unspecified atom stereocenters. The second-order valence-electron chi connectivity index (χ2n) is 19.8. The predicted octanol–water partition coefficient (Wildman–Crippen LogP) is 19.0. The zero-order valence-electron chi connectivity index (χ0n) is 44.9. The van der Waals surface area contributed by atoms with Gasteiger partial charge >= 0.3 is 0 Å². The zero-order valence-corrected chi connectivity index (χ0v) is 48.2. The minimum Gasteiger partial charge on any atom is -0.353 e. The molecule has 9 heterocycles. The lowest BCUT2D eigenvalue weighted by atomic mass is 10.1. The quantitative estimate of drug-likeness (QED) is 0.0590. The van der Waals surface area contributed by atoms with Gasteiger partial charge in [-0.05, 0) is 148 Å². The predicted molar refractivity (Wildman–Crippen MR) is 331 cm³/mol. The van der Waals surface area contributed by atoms with Crippen molar-refractivity contribution in [2.75, 3.05) is 0 Å². The molecule has 0 spiro atoms. The second kappa shape index (κ2) is 28.1. The molecule has 386 valence electrons. The number of aromatic nitrogens is 4. The topological polar surface area (TPSA) is 57.4 Å². The fourth-order valence-electron chi connectivity index (χ4n) is 9.45. The minimum atomic E-state index is 0.779. The standard InChI is InChI=1S/C68H70N4S4/c1-5-9-13-17-21-49-25-29-53(73-49)33-37-57-61-41-43-63(69-61)58(38-34-54-30-26-50(74-54)22-18-14-10-6-2)65-45-47-67(71-65)60(40-36-56-32-28-52(76-56)24-20-16-12-8-4)68-48-46-66(72-68)59(64-44-42-62(57)70-64)39-35-55-31-27-51(75-55)23-19-15-11-7-3/h25-32,41-48,69,72H,5-24H2,1-4H3. The normalized spacial score (nSPS) is 11.4. The van der Waals surface area contributed by atoms with Gasteiger partial charge in [-0.15, -0.1) is 45.3 Å². The Morgan fingerprint density at radius 2 is 0.553 bits per heavy atom. The Bertz CT molecular complexity index is 3140. The van der Waals surface area contributed by atoms with E-state index in [9.17, 15) is 0 Å². The van der Waals surface area contributed by atoms with Crippen LogP contribution in [0.25, 0.3) is 46.4 Å². The van der Waals surface area contributed by atoms with E-state index in [-0.39, 0.29) is 0 Å². The molecule has 0 atom stereocenters. The molecule has 7 aromatic heterocycles. The van der Waals surface area contributed by atoms with Crippen LogP contribution in [0.15, 0.2) is 72.8 Å². The van der Waals surface area contributed by atoms with Crippen LogP contribution < -0.4 is 0 Å². The van der Waals surface area contributed by atoms with Crippen molar-refractivity contribution in [2.45, 2.75) is 156 Å². The van der Waals surface area contributed by atoms with Crippen LogP contribution in [0, 0.1) is 47.4 Å². The van der Waals surface area contributed by atoms with Crippen molar-refractivity contribution < 1.29 is 0 Å². The highest BCUT2D eigenvalue weighted by molar-refractivity contribution is 7.13. The van der Waals surface area contributed by atoms with Gasteiger partial charge in [0.15, 0.2) is 0 Å². The molecule has 8 heteroatoms. The fraction of sp³-hybridized carbons (Fsp3) is 0.353. The van der Waals surface area contributed by atoms with Crippen molar-refractivity contribution in [3.63, 3.8) is 0 Å². The monoisotopic (exact) mass is 1070 g/mol. The molecule has 2 aliphatic heterocycles. The molecule has 0 fully saturated rings. The number of unbranched alkanes of at least 4 members (excludes halogenated alkanes) is 12. The number of hydrogen-bond acceptors (Lipinski definition) is 6. The summed E-state index contributed by atoms with van der Waals surface area (Å²) in [4.78, 5) is 28.1. The molecule has 9 rings (SSSR count). The van der Waals surface area contributed by atoms with E-state index in [2.05, 4.69) is 182 Å². The number of nitrogens with zero attached hydrogens (tertiary/aromatic N) is 2. The molecule has 2 aliphatic rings. The highest BCUT2D eigenvalue weighted by Gasteiger charge is 2.15. The first-order chi connectivity index (χ1) is 37.5. The van der Waals surface area contributed by atoms with Gasteiger partial charge in [0.1, 0.15) is 0 Å². The van der Waals surface area contributed by atoms with Crippen molar-refractivity contribution in [3.8, 4) is 47.4 Å². The molecular formula is C68H70N4S4. The Balaban J connectivity index is 1.22. The van der Waals surface area contributed by atoms with E-state index in [0.29, 0.717) is 0 Å². The van der Waals surface area contributed by atoms with Gasteiger partial charge in [0.25, 0.3) is 0 Å². The van der Waals surface area contributed by atoms with Crippen LogP contribution in [-0.2, 0) is 25.7 Å². The first kappa shape index (κ1) is 54.4. The van der Waals surface area contributed by atoms with Crippen LogP contribution in [0.5, 0.6) is 0 Å². The molecular weight excluding hydrogens is 1000 g/mol. The van der Waals surface area contributed by atoms with Crippen LogP contribution in [0.4, 0.5) is 0 Å². The van der Waals surface area contributed by atoms with Gasteiger partial charge in [-0.1, -0.05) is 152 Å². The third-order valence-electron chi connectivity index (χ3n) is 13.8. The Labute approximate surface area is 468 Å². The molecule has 7 aromatic rings. The number of fused-ring (bicyclic) bond motifs is 8. The first-order valence-corrected chi connectivity index (χ1v) is 31.3. The molecule has 76 heavy (non-hydrogen) atoms. The van der Waals surface area contributed by atoms with Gasteiger partial charge in [-0.3, -0.25) is 0 Å². The Hall–Kier alpha value is -6.36. The van der Waals surface area contributed by atoms with E-state index in [1.54, 1.807) is 45.3 Å². The number of thiophene rings is 4. The summed E-state index contributed by atoms with van der Waals surface area (Å²) in [5.74, 6) is 28.8. The van der Waals surface area contributed by atoms with E-state index in [4.69, 9.17) is 9.97 Å². The van der Waals surface area contributed by atoms with Gasteiger partial charge in [-0.25, -0.2) is 9.97 Å². The minimum absolute atomic E-state index is 0.779. The number of nitrogens with one attached hydrogen (secondary N) is 2. The second-order valence-corrected chi connectivity index (χ2v) is 24.5. The maximum Gasteiger partial charge on any atom is 0.0815 e. The number of aromatic amines is 2. The van der Waals surface area contributed by atoms with Gasteiger partial charge in [-0.2, -0.15) is 0 Å². The third kappa shape index (κ3) is 15.0. The molecule has 0 saturated heterocycles. The van der Waals surface area contributed by atoms with Crippen LogP contribution in [-0.4, -0.2) is 19.9 Å². The van der Waals surface area contributed by atoms with Crippen molar-refractivity contribution in [3.05, 3.63) is 157 Å². The maximum absolute atomic E-state index is 5.40. The average molecular weight is 1070 g/mol. The van der Waals surface area contributed by atoms with E-state index >= 15 is 0 Å². The van der Waals surface area contributed by atoms with Crippen LogP contribution in [0.2, 0.25) is 0 Å². The highest BCUT2D eigenvalue weighted by atomic mass is 32.1. The van der Waals surface area contributed by atoms with E-state index in [0.717, 1.165) is 112 Å². The summed E-state index contributed by atoms with van der Waals surface area (Å²) in [6.45, 7) is 9.05. The summed E-state index contributed by atoms with van der Waals surface area (Å²) in [7, 11) is 0. The average Bonchev–Trinajstić information content (AvgIpc) is 4.30. The summed E-state index contributed by atoms with van der Waals surface area (Å²) < 4.78 is 0. The maximum atomic E-state index is 5.40. The van der Waals surface area contributed by atoms with Gasteiger partial charge in [0.05, 0.1) is 86.6 Å². The summed E-state index contributed by atoms with van der Waals surface area (Å²) in [5.41, 5.74) is 9.83. The van der Waals surface area contributed by atoms with Crippen molar-refractivity contribution >= 4 is 91.7 Å². The summed E-state index contributed by atoms with van der Waals surface area (Å²) in [6, 6.07) is 26.1. The van der Waals surface area contributed by atoms with E-state index in [1.165, 1.54) is 122 Å². The Kier molecular flexibility index (Phi) is 20.2. The SMILES string of the molecule is CCCCCCc1ccc(C#Cc2c3nc(c(C#Cc4ccc(CCCCCC)s4)c4ccc([nH]4)c(C#Cc4ccc(CCCCCC)s4)c4nc(c(C#Cc5ccc(CCCCCC)s5)c5ccc2[nH]5)C=C4)C=C3)s1. The van der Waals surface area contributed by atoms with Gasteiger partial charge < -0.3 is 9.97 Å². The summed E-state index contributed by atoms with van der Waals surface area (Å²) >= 11 is 7.18. The van der Waals surface area contributed by atoms with Crippen molar-refractivity contribution in [1.82, 2.24) is 19.9 Å². The van der Waals surface area contributed by atoms with Crippen LogP contribution in [0.3, 0.4) is 0 Å². The summed E-state index contributed by atoms with van der Waals surface area (Å²) in [5, 5.41) is 0. The fourth-order valence-corrected chi connectivity index (χ4v) is 13.1. The lowest BCUT2D eigenvalue weighted by Crippen LogP contribution is -1.89. The third-order valence-corrected chi connectivity index (χ3v) is 18.0. The smallest absolute Gasteiger partial charge is 0.0815 e. The molecule has 0 amide bonds. The molecule has 0 aromatic carbocycles. The van der Waals surface area contributed by atoms with Crippen molar-refractivity contribution in [1.29, 1.82) is 0 Å². The molecule has 4 nitrogen and oxygen atoms in total. The van der Waals surface area contributed by atoms with E-state index < -0.39 is 0 Å². The van der Waals surface area contributed by atoms with Crippen LogP contribution in [0.1, 0.15) is 214 Å². The molecule has 8 bridgehead atoms. The number of aryl methyl sites for hydroxylation is 4. The van der Waals surface area contributed by atoms with Crippen LogP contribution >= 0.6 is 45.3 Å². The number of hydrogen-bond donors (Lipinski definition) is 2. The lowest BCUT2D eigenvalue weighted by Gasteiger charge is -1.98. The summed E-state index contributed by atoms with van der Waals surface area (Å²) in [6.07, 6.45) is 32.6. The Morgan fingerprint density at radius 1 is 0.303 bits per heavy atom. The van der Waals surface area contributed by atoms with E-state index in [1.807, 2.05) is 0 Å². The lowest BCUT2D eigenvalue weighted by molar-refractivity contribution is 0.670. The largest absolute Gasteiger partial charge is 0.353 e. The molecule has 0 aliphatic carbocycles. The molecule has 2 N–H and O–H groups in total. The number of H-pyrrole nitrogens is 2. The first-order valence-electron chi connectivity index (χ1n) is 28.1. The zero-order chi connectivity index (χ0) is 52.3. The van der Waals surface area contributed by atoms with Crippen molar-refractivity contribution in [2.24, 2.45) is 0 Å². The van der Waals surface area contributed by atoms with Gasteiger partial charge in [0.2, 0.25) is 0 Å². The number of rotatable bonds is 20. The molecule has 0 radical (unpaired) electrons. The Morgan fingerprint density at radius 3 is 0.789 bits per heavy atom.